The summed E-state index contributed by atoms with van der Waals surface area (Å²) < 4.78 is 8.67. The number of urea groups is 1. The number of rotatable bonds is 2. The van der Waals surface area contributed by atoms with E-state index in [-0.39, 0.29) is 12.6 Å². The fourth-order valence-electron chi connectivity index (χ4n) is 0.405. The van der Waals surface area contributed by atoms with Gasteiger partial charge in [-0.1, -0.05) is 0 Å². The Kier molecular flexibility index (Phi) is 5.01. The van der Waals surface area contributed by atoms with E-state index in [4.69, 9.17) is 5.73 Å². The Labute approximate surface area is 74.9 Å². The number of nitrogens with two attached hydrogens (primary N) is 1. The van der Waals surface area contributed by atoms with Gasteiger partial charge in [0.15, 0.2) is 0 Å². The average Bonchev–Trinajstić information content (AvgIpc) is 2.13. The molecular weight excluding hydrogens is 178 g/mol. The van der Waals surface area contributed by atoms with Crippen LogP contribution in [0.25, 0.3) is 0 Å². The van der Waals surface area contributed by atoms with Crippen molar-refractivity contribution in [3.8, 4) is 0 Å². The van der Waals surface area contributed by atoms with E-state index in [0.29, 0.717) is 0 Å². The highest BCUT2D eigenvalue weighted by Gasteiger charge is 2.03. The molecule has 0 aromatic carbocycles. The maximum absolute atomic E-state index is 10.8. The third-order valence-electron chi connectivity index (χ3n) is 1.03. The summed E-state index contributed by atoms with van der Waals surface area (Å²) in [5.41, 5.74) is 5.06. The average molecular weight is 189 g/mol. The van der Waals surface area contributed by atoms with Crippen LogP contribution < -0.4 is 11.1 Å². The van der Waals surface area contributed by atoms with Gasteiger partial charge in [-0.05, 0) is 0 Å². The molecule has 0 radical (unpaired) electrons. The van der Waals surface area contributed by atoms with Crippen LogP contribution in [-0.4, -0.2) is 38.8 Å². The fraction of sp³-hybridized carbons (Fsp3) is 0.500. The molecule has 0 fully saturated rings. The molecular formula is C6H11N3O4. The molecule has 0 bridgehead atoms. The van der Waals surface area contributed by atoms with Gasteiger partial charge < -0.3 is 20.5 Å². The van der Waals surface area contributed by atoms with Crippen LogP contribution in [0.3, 0.4) is 0 Å². The van der Waals surface area contributed by atoms with Crippen LogP contribution in [0.15, 0.2) is 4.99 Å². The molecule has 0 aromatic rings. The standard InChI is InChI=1S/C6H11N3O4/c1-12-4(10)3-8-6(11)9-5(7)13-2/h3H2,1-2H3,(H3,7,8,9,11). The minimum atomic E-state index is -0.759. The van der Waals surface area contributed by atoms with Crippen molar-refractivity contribution in [2.75, 3.05) is 20.8 Å². The summed E-state index contributed by atoms with van der Waals surface area (Å²) in [5, 5.41) is 2.14. The van der Waals surface area contributed by atoms with E-state index in [9.17, 15) is 9.59 Å². The van der Waals surface area contributed by atoms with Crippen LogP contribution in [-0.2, 0) is 14.3 Å². The number of hydrogen-bond acceptors (Lipinski definition) is 4. The summed E-state index contributed by atoms with van der Waals surface area (Å²) in [6, 6.07) is -1.04. The first-order valence-electron chi connectivity index (χ1n) is 3.33. The molecule has 0 saturated carbocycles. The van der Waals surface area contributed by atoms with Crippen molar-refractivity contribution in [2.24, 2.45) is 10.7 Å². The topological polar surface area (TPSA) is 103 Å². The summed E-state index contributed by atoms with van der Waals surface area (Å²) in [5.74, 6) is -0.570. The minimum Gasteiger partial charge on any atom is -0.468 e. The maximum atomic E-state index is 10.8. The number of amides is 2. The molecule has 13 heavy (non-hydrogen) atoms. The molecule has 0 rings (SSSR count). The first-order valence-corrected chi connectivity index (χ1v) is 3.33. The predicted octanol–water partition coefficient (Wildman–Crippen LogP) is -1.17. The van der Waals surface area contributed by atoms with Crippen LogP contribution in [0.2, 0.25) is 0 Å². The predicted molar refractivity (Wildman–Crippen MR) is 44.0 cm³/mol. The quantitative estimate of drug-likeness (QED) is 0.323. The number of amidine groups is 1. The third kappa shape index (κ3) is 5.48. The van der Waals surface area contributed by atoms with Gasteiger partial charge in [-0.3, -0.25) is 4.79 Å². The molecule has 0 atom stereocenters. The van der Waals surface area contributed by atoms with E-state index < -0.39 is 12.0 Å². The van der Waals surface area contributed by atoms with Crippen molar-refractivity contribution in [3.63, 3.8) is 0 Å². The van der Waals surface area contributed by atoms with Gasteiger partial charge in [0, 0.05) is 0 Å². The monoisotopic (exact) mass is 189 g/mol. The van der Waals surface area contributed by atoms with E-state index in [1.807, 2.05) is 0 Å². The molecule has 0 heterocycles. The van der Waals surface area contributed by atoms with E-state index in [1.54, 1.807) is 0 Å². The first-order chi connectivity index (χ1) is 6.10. The molecule has 7 nitrogen and oxygen atoms in total. The molecule has 0 aliphatic heterocycles. The number of nitrogens with zero attached hydrogens (tertiary/aromatic N) is 1. The summed E-state index contributed by atoms with van der Waals surface area (Å²) in [6.07, 6.45) is 0. The van der Waals surface area contributed by atoms with Crippen LogP contribution in [0.4, 0.5) is 4.79 Å². The molecule has 0 saturated heterocycles. The summed E-state index contributed by atoms with van der Waals surface area (Å²) in [6.45, 7) is -0.254. The van der Waals surface area contributed by atoms with Gasteiger partial charge in [-0.25, -0.2) is 4.79 Å². The molecule has 7 heteroatoms. The molecule has 0 aliphatic carbocycles. The normalized spacial score (nSPS) is 10.5. The Hall–Kier alpha value is -1.79. The lowest BCUT2D eigenvalue weighted by atomic mass is 10.6. The van der Waals surface area contributed by atoms with Crippen molar-refractivity contribution in [3.05, 3.63) is 0 Å². The number of aliphatic imine (C=N–C) groups is 1. The van der Waals surface area contributed by atoms with Crippen LogP contribution in [0, 0.1) is 0 Å². The Morgan fingerprint density at radius 3 is 2.46 bits per heavy atom. The molecule has 0 aromatic heterocycles. The van der Waals surface area contributed by atoms with Crippen molar-refractivity contribution < 1.29 is 19.1 Å². The highest BCUT2D eigenvalue weighted by Crippen LogP contribution is 1.77. The lowest BCUT2D eigenvalue weighted by Crippen LogP contribution is -2.29. The minimum absolute atomic E-state index is 0.254. The number of nitrogens with one attached hydrogen (secondary N) is 1. The molecule has 3 N–H and O–H groups in total. The van der Waals surface area contributed by atoms with Crippen LogP contribution >= 0.6 is 0 Å². The molecule has 0 unspecified atom stereocenters. The lowest BCUT2D eigenvalue weighted by molar-refractivity contribution is -0.139. The number of carbonyl (C=O) groups is 2. The van der Waals surface area contributed by atoms with E-state index in [2.05, 4.69) is 19.8 Å². The lowest BCUT2D eigenvalue weighted by Gasteiger charge is -2.00. The number of carbonyl (C=O) groups excluding carboxylic acids is 2. The van der Waals surface area contributed by atoms with Crippen molar-refractivity contribution >= 4 is 18.0 Å². The molecule has 0 aliphatic rings. The van der Waals surface area contributed by atoms with Crippen LogP contribution in [0.1, 0.15) is 0 Å². The third-order valence-corrected chi connectivity index (χ3v) is 1.03. The van der Waals surface area contributed by atoms with Gasteiger partial charge in [0.1, 0.15) is 6.54 Å². The van der Waals surface area contributed by atoms with Crippen molar-refractivity contribution in [1.82, 2.24) is 5.32 Å². The SMILES string of the molecule is COC(=O)CNC(=O)/N=C(/N)OC. The number of ether oxygens (including phenoxy) is 2. The highest BCUT2D eigenvalue weighted by atomic mass is 16.5. The zero-order valence-corrected chi connectivity index (χ0v) is 7.36. The van der Waals surface area contributed by atoms with Crippen molar-refractivity contribution in [1.29, 1.82) is 0 Å². The van der Waals surface area contributed by atoms with E-state index >= 15 is 0 Å². The number of methoxy groups -OCH3 is 2. The molecule has 74 valence electrons. The Bertz CT molecular complexity index is 226. The maximum Gasteiger partial charge on any atom is 0.346 e. The Balaban J connectivity index is 3.82. The fourth-order valence-corrected chi connectivity index (χ4v) is 0.405. The van der Waals surface area contributed by atoms with Crippen molar-refractivity contribution in [2.45, 2.75) is 0 Å². The first kappa shape index (κ1) is 11.2. The Morgan fingerprint density at radius 1 is 1.38 bits per heavy atom. The van der Waals surface area contributed by atoms with Crippen LogP contribution in [0.5, 0.6) is 0 Å². The Morgan fingerprint density at radius 2 is 2.00 bits per heavy atom. The van der Waals surface area contributed by atoms with Gasteiger partial charge in [-0.15, -0.1) is 4.99 Å². The van der Waals surface area contributed by atoms with Gasteiger partial charge in [0.25, 0.3) is 6.02 Å². The second-order valence-corrected chi connectivity index (χ2v) is 1.89. The second-order valence-electron chi connectivity index (χ2n) is 1.89. The summed E-state index contributed by atoms with van der Waals surface area (Å²) in [7, 11) is 2.48. The molecule has 0 spiro atoms. The summed E-state index contributed by atoms with van der Waals surface area (Å²) >= 11 is 0. The van der Waals surface area contributed by atoms with Gasteiger partial charge in [-0.2, -0.15) is 0 Å². The van der Waals surface area contributed by atoms with E-state index in [0.717, 1.165) is 0 Å². The number of hydrogen-bond donors (Lipinski definition) is 2. The zero-order valence-electron chi connectivity index (χ0n) is 7.36. The van der Waals surface area contributed by atoms with Gasteiger partial charge >= 0.3 is 12.0 Å². The number of esters is 1. The second kappa shape index (κ2) is 5.81. The smallest absolute Gasteiger partial charge is 0.346 e. The zero-order chi connectivity index (χ0) is 10.3. The van der Waals surface area contributed by atoms with Gasteiger partial charge in [0.05, 0.1) is 14.2 Å². The van der Waals surface area contributed by atoms with Gasteiger partial charge in [0.2, 0.25) is 0 Å². The highest BCUT2D eigenvalue weighted by molar-refractivity contribution is 5.90. The largest absolute Gasteiger partial charge is 0.468 e. The summed E-state index contributed by atoms with van der Waals surface area (Å²) in [4.78, 5) is 24.5. The molecule has 2 amide bonds. The van der Waals surface area contributed by atoms with E-state index in [1.165, 1.54) is 14.2 Å².